The molecule has 0 N–H and O–H groups in total. The molecule has 0 amide bonds. The van der Waals surface area contributed by atoms with E-state index in [1.54, 1.807) is 6.07 Å². The molecule has 1 aromatic carbocycles. The van der Waals surface area contributed by atoms with Crippen molar-refractivity contribution in [3.63, 3.8) is 0 Å². The second-order valence-electron chi connectivity index (χ2n) is 4.56. The molecule has 1 fully saturated rings. The van der Waals surface area contributed by atoms with Gasteiger partial charge in [-0.05, 0) is 42.5 Å². The van der Waals surface area contributed by atoms with Crippen molar-refractivity contribution in [3.8, 4) is 5.75 Å². The third kappa shape index (κ3) is 3.90. The molecule has 1 aliphatic carbocycles. The molecule has 1 nitrogen and oxygen atoms in total. The summed E-state index contributed by atoms with van der Waals surface area (Å²) in [5.41, 5.74) is 1.15. The lowest BCUT2D eigenvalue weighted by Crippen LogP contribution is -2.13. The normalized spacial score (nSPS) is 16.4. The van der Waals surface area contributed by atoms with Gasteiger partial charge in [0.1, 0.15) is 5.75 Å². The van der Waals surface area contributed by atoms with Crippen LogP contribution in [-0.4, -0.2) is 12.8 Å². The minimum Gasteiger partial charge on any atom is -0.493 e. The molecule has 0 atom stereocenters. The maximum Gasteiger partial charge on any atom is 0.392 e. The van der Waals surface area contributed by atoms with Gasteiger partial charge in [0, 0.05) is 4.47 Å². The topological polar surface area (TPSA) is 9.23 Å². The molecule has 18 heavy (non-hydrogen) atoms. The molecule has 0 aliphatic heterocycles. The van der Waals surface area contributed by atoms with E-state index in [0.29, 0.717) is 11.7 Å². The van der Waals surface area contributed by atoms with Gasteiger partial charge in [0.25, 0.3) is 0 Å². The van der Waals surface area contributed by atoms with Crippen LogP contribution >= 0.6 is 15.9 Å². The second kappa shape index (κ2) is 5.51. The van der Waals surface area contributed by atoms with E-state index in [1.165, 1.54) is 6.42 Å². The average molecular weight is 323 g/mol. The van der Waals surface area contributed by atoms with Crippen LogP contribution in [0.15, 0.2) is 22.7 Å². The first-order chi connectivity index (χ1) is 8.44. The average Bonchev–Trinajstić information content (AvgIpc) is 2.11. The molecule has 0 unspecified atom stereocenters. The van der Waals surface area contributed by atoms with Crippen molar-refractivity contribution in [1.82, 2.24) is 0 Å². The van der Waals surface area contributed by atoms with Crippen LogP contribution < -0.4 is 4.74 Å². The quantitative estimate of drug-likeness (QED) is 0.753. The fourth-order valence-electron chi connectivity index (χ4n) is 1.93. The van der Waals surface area contributed by atoms with Crippen LogP contribution in [0.3, 0.4) is 0 Å². The number of alkyl halides is 3. The van der Waals surface area contributed by atoms with Crippen LogP contribution in [-0.2, 0) is 0 Å². The van der Waals surface area contributed by atoms with Crippen LogP contribution in [0, 0.1) is 0 Å². The van der Waals surface area contributed by atoms with E-state index in [4.69, 9.17) is 4.74 Å². The number of hydrogen-bond acceptors (Lipinski definition) is 1. The Balaban J connectivity index is 1.97. The van der Waals surface area contributed by atoms with Crippen molar-refractivity contribution in [2.45, 2.75) is 37.8 Å². The van der Waals surface area contributed by atoms with E-state index in [9.17, 15) is 13.2 Å². The van der Waals surface area contributed by atoms with Crippen molar-refractivity contribution in [1.29, 1.82) is 0 Å². The summed E-state index contributed by atoms with van der Waals surface area (Å²) in [6, 6.07) is 5.57. The summed E-state index contributed by atoms with van der Waals surface area (Å²) in [6.07, 6.45) is -1.56. The minimum absolute atomic E-state index is 0.329. The highest BCUT2D eigenvalue weighted by Crippen LogP contribution is 2.39. The number of benzene rings is 1. The standard InChI is InChI=1S/C13H14BrF3O/c14-11-6-10(9-2-1-3-9)7-12(8-11)18-5-4-13(15,16)17/h6-9H,1-5H2. The van der Waals surface area contributed by atoms with E-state index >= 15 is 0 Å². The minimum atomic E-state index is -4.16. The lowest BCUT2D eigenvalue weighted by atomic mass is 9.80. The van der Waals surface area contributed by atoms with Crippen LogP contribution in [0.4, 0.5) is 13.2 Å². The Morgan fingerprint density at radius 3 is 2.50 bits per heavy atom. The molecule has 0 spiro atoms. The van der Waals surface area contributed by atoms with Crippen molar-refractivity contribution < 1.29 is 17.9 Å². The predicted octanol–water partition coefficient (Wildman–Crippen LogP) is 5.05. The Morgan fingerprint density at radius 1 is 1.22 bits per heavy atom. The fraction of sp³-hybridized carbons (Fsp3) is 0.538. The highest BCUT2D eigenvalue weighted by molar-refractivity contribution is 9.10. The fourth-order valence-corrected chi connectivity index (χ4v) is 2.42. The third-order valence-corrected chi connectivity index (χ3v) is 3.58. The molecule has 1 saturated carbocycles. The van der Waals surface area contributed by atoms with Crippen molar-refractivity contribution in [3.05, 3.63) is 28.2 Å². The summed E-state index contributed by atoms with van der Waals surface area (Å²) in [4.78, 5) is 0. The summed E-state index contributed by atoms with van der Waals surface area (Å²) in [5.74, 6) is 1.04. The first-order valence-corrected chi connectivity index (χ1v) is 6.73. The first-order valence-electron chi connectivity index (χ1n) is 5.94. The highest BCUT2D eigenvalue weighted by Gasteiger charge is 2.27. The first kappa shape index (κ1) is 13.7. The smallest absolute Gasteiger partial charge is 0.392 e. The maximum absolute atomic E-state index is 12.0. The Labute approximate surface area is 112 Å². The molecule has 1 aromatic rings. The molecule has 0 radical (unpaired) electrons. The highest BCUT2D eigenvalue weighted by atomic mass is 79.9. The van der Waals surface area contributed by atoms with Gasteiger partial charge in [-0.2, -0.15) is 13.2 Å². The van der Waals surface area contributed by atoms with Gasteiger partial charge in [0.2, 0.25) is 0 Å². The maximum atomic E-state index is 12.0. The SMILES string of the molecule is FC(F)(F)CCOc1cc(Br)cc(C2CCC2)c1. The van der Waals surface area contributed by atoms with E-state index in [0.717, 1.165) is 22.9 Å². The van der Waals surface area contributed by atoms with Gasteiger partial charge in [-0.25, -0.2) is 0 Å². The lowest BCUT2D eigenvalue weighted by Gasteiger charge is -2.26. The van der Waals surface area contributed by atoms with Gasteiger partial charge in [-0.1, -0.05) is 22.4 Å². The zero-order chi connectivity index (χ0) is 13.2. The molecule has 0 bridgehead atoms. The number of hydrogen-bond donors (Lipinski definition) is 0. The molecule has 2 rings (SSSR count). The molecule has 1 aliphatic rings. The Kier molecular flexibility index (Phi) is 4.20. The number of halogens is 4. The van der Waals surface area contributed by atoms with E-state index in [1.807, 2.05) is 12.1 Å². The zero-order valence-corrected chi connectivity index (χ0v) is 11.4. The second-order valence-corrected chi connectivity index (χ2v) is 5.48. The number of ether oxygens (including phenoxy) is 1. The molecular formula is C13H14BrF3O. The summed E-state index contributed by atoms with van der Waals surface area (Å²) in [6.45, 7) is -0.329. The Hall–Kier alpha value is -0.710. The summed E-state index contributed by atoms with van der Waals surface area (Å²) < 4.78 is 42.1. The van der Waals surface area contributed by atoms with E-state index < -0.39 is 12.6 Å². The molecule has 0 heterocycles. The summed E-state index contributed by atoms with van der Waals surface area (Å²) in [7, 11) is 0. The zero-order valence-electron chi connectivity index (χ0n) is 9.77. The number of rotatable bonds is 4. The van der Waals surface area contributed by atoms with Crippen molar-refractivity contribution >= 4 is 15.9 Å². The lowest BCUT2D eigenvalue weighted by molar-refractivity contribution is -0.139. The van der Waals surface area contributed by atoms with Crippen LogP contribution in [0.25, 0.3) is 0 Å². The van der Waals surface area contributed by atoms with Gasteiger partial charge < -0.3 is 4.74 Å². The van der Waals surface area contributed by atoms with Crippen molar-refractivity contribution in [2.24, 2.45) is 0 Å². The molecular weight excluding hydrogens is 309 g/mol. The monoisotopic (exact) mass is 322 g/mol. The van der Waals surface area contributed by atoms with E-state index in [2.05, 4.69) is 15.9 Å². The van der Waals surface area contributed by atoms with Crippen LogP contribution in [0.1, 0.15) is 37.2 Å². The van der Waals surface area contributed by atoms with Gasteiger partial charge in [0.05, 0.1) is 13.0 Å². The Bertz CT molecular complexity index is 413. The van der Waals surface area contributed by atoms with E-state index in [-0.39, 0.29) is 6.61 Å². The molecule has 0 saturated heterocycles. The molecule has 5 heteroatoms. The van der Waals surface area contributed by atoms with Gasteiger partial charge in [-0.15, -0.1) is 0 Å². The van der Waals surface area contributed by atoms with Gasteiger partial charge in [-0.3, -0.25) is 0 Å². The van der Waals surface area contributed by atoms with Gasteiger partial charge in [0.15, 0.2) is 0 Å². The largest absolute Gasteiger partial charge is 0.493 e. The van der Waals surface area contributed by atoms with Crippen molar-refractivity contribution in [2.75, 3.05) is 6.61 Å². The molecule has 100 valence electrons. The summed E-state index contributed by atoms with van der Waals surface area (Å²) in [5, 5.41) is 0. The molecule has 0 aromatic heterocycles. The summed E-state index contributed by atoms with van der Waals surface area (Å²) >= 11 is 3.36. The van der Waals surface area contributed by atoms with Gasteiger partial charge >= 0.3 is 6.18 Å². The Morgan fingerprint density at radius 2 is 1.94 bits per heavy atom. The van der Waals surface area contributed by atoms with Crippen LogP contribution in [0.5, 0.6) is 5.75 Å². The third-order valence-electron chi connectivity index (χ3n) is 3.12. The van der Waals surface area contributed by atoms with Crippen LogP contribution in [0.2, 0.25) is 0 Å². The predicted molar refractivity (Wildman–Crippen MR) is 66.9 cm³/mol.